The Labute approximate surface area is 204 Å². The lowest BCUT2D eigenvalue weighted by atomic mass is 10.1. The molecule has 0 atom stereocenters. The fourth-order valence-electron chi connectivity index (χ4n) is 4.08. The maximum atomic E-state index is 13.9. The molecule has 5 rings (SSSR count). The molecule has 1 amide bonds. The maximum absolute atomic E-state index is 13.9. The number of anilines is 1. The number of alkyl halides is 2. The van der Waals surface area contributed by atoms with Gasteiger partial charge >= 0.3 is 0 Å². The van der Waals surface area contributed by atoms with Crippen LogP contribution in [0.3, 0.4) is 0 Å². The van der Waals surface area contributed by atoms with Gasteiger partial charge < -0.3 is 5.32 Å². The van der Waals surface area contributed by atoms with Crippen molar-refractivity contribution in [3.63, 3.8) is 0 Å². The first-order valence-corrected chi connectivity index (χ1v) is 11.2. The van der Waals surface area contributed by atoms with Crippen molar-refractivity contribution in [1.82, 2.24) is 24.5 Å². The molecule has 182 valence electrons. The van der Waals surface area contributed by atoms with Gasteiger partial charge in [-0.25, -0.2) is 22.8 Å². The van der Waals surface area contributed by atoms with E-state index in [2.05, 4.69) is 20.5 Å². The Morgan fingerprint density at radius 3 is 2.58 bits per heavy atom. The number of hydrogen-bond acceptors (Lipinski definition) is 4. The highest BCUT2D eigenvalue weighted by Gasteiger charge is 2.22. The van der Waals surface area contributed by atoms with Crippen LogP contribution in [0.15, 0.2) is 73.1 Å². The van der Waals surface area contributed by atoms with Crippen molar-refractivity contribution in [1.29, 1.82) is 0 Å². The Bertz CT molecular complexity index is 1540. The fourth-order valence-corrected chi connectivity index (χ4v) is 4.08. The van der Waals surface area contributed by atoms with E-state index >= 15 is 0 Å². The van der Waals surface area contributed by atoms with Crippen LogP contribution in [0.25, 0.3) is 22.3 Å². The van der Waals surface area contributed by atoms with E-state index in [1.54, 1.807) is 55.6 Å². The van der Waals surface area contributed by atoms with Crippen LogP contribution in [-0.4, -0.2) is 30.5 Å². The number of pyridine rings is 1. The van der Waals surface area contributed by atoms with Crippen molar-refractivity contribution in [2.45, 2.75) is 26.4 Å². The van der Waals surface area contributed by atoms with E-state index in [-0.39, 0.29) is 35.5 Å². The molecule has 2 aromatic carbocycles. The van der Waals surface area contributed by atoms with Gasteiger partial charge in [-0.15, -0.1) is 0 Å². The van der Waals surface area contributed by atoms with E-state index in [0.29, 0.717) is 28.2 Å². The second-order valence-corrected chi connectivity index (χ2v) is 8.27. The van der Waals surface area contributed by atoms with Gasteiger partial charge in [0.25, 0.3) is 6.43 Å². The third-order valence-electron chi connectivity index (χ3n) is 5.71. The van der Waals surface area contributed by atoms with Crippen LogP contribution in [0.4, 0.5) is 18.9 Å². The summed E-state index contributed by atoms with van der Waals surface area (Å²) in [7, 11) is 0. The van der Waals surface area contributed by atoms with E-state index in [1.165, 1.54) is 27.7 Å². The summed E-state index contributed by atoms with van der Waals surface area (Å²) in [5.74, 6) is -0.777. The minimum absolute atomic E-state index is 0.183. The molecule has 0 saturated heterocycles. The van der Waals surface area contributed by atoms with Crippen LogP contribution in [0.1, 0.15) is 23.2 Å². The number of aromatic nitrogens is 5. The van der Waals surface area contributed by atoms with Gasteiger partial charge in [-0.2, -0.15) is 10.2 Å². The maximum Gasteiger partial charge on any atom is 0.264 e. The van der Waals surface area contributed by atoms with Crippen molar-refractivity contribution in [3.8, 4) is 11.3 Å². The Balaban J connectivity index is 1.39. The number of benzene rings is 2. The van der Waals surface area contributed by atoms with Gasteiger partial charge in [-0.3, -0.25) is 9.48 Å². The van der Waals surface area contributed by atoms with Gasteiger partial charge in [-0.05, 0) is 19.1 Å². The zero-order valence-corrected chi connectivity index (χ0v) is 19.2. The number of rotatable bonds is 7. The van der Waals surface area contributed by atoms with Gasteiger partial charge in [0, 0.05) is 22.9 Å². The molecular formula is C26H21F3N6O. The zero-order chi connectivity index (χ0) is 25.2. The SMILES string of the molecule is Cc1nn(CC(=O)Nc2cnn(Cc3ccccc3F)c2)c2nc(-c3ccccc3)cc(C(F)F)c12. The van der Waals surface area contributed by atoms with Gasteiger partial charge in [-0.1, -0.05) is 48.5 Å². The molecule has 0 aliphatic rings. The fraction of sp³-hybridized carbons (Fsp3) is 0.154. The molecule has 0 aliphatic heterocycles. The number of fused-ring (bicyclic) bond motifs is 1. The summed E-state index contributed by atoms with van der Waals surface area (Å²) in [6, 6.07) is 16.7. The first-order valence-electron chi connectivity index (χ1n) is 11.2. The lowest BCUT2D eigenvalue weighted by Gasteiger charge is -2.09. The molecule has 36 heavy (non-hydrogen) atoms. The second-order valence-electron chi connectivity index (χ2n) is 8.27. The number of carbonyl (C=O) groups is 1. The van der Waals surface area contributed by atoms with E-state index < -0.39 is 12.3 Å². The van der Waals surface area contributed by atoms with Crippen LogP contribution in [0, 0.1) is 12.7 Å². The molecule has 0 bridgehead atoms. The van der Waals surface area contributed by atoms with E-state index in [0.717, 1.165) is 0 Å². The number of aryl methyl sites for hydroxylation is 1. The van der Waals surface area contributed by atoms with Gasteiger partial charge in [0.05, 0.1) is 35.2 Å². The molecule has 0 saturated carbocycles. The lowest BCUT2D eigenvalue weighted by molar-refractivity contribution is -0.116. The Morgan fingerprint density at radius 2 is 1.83 bits per heavy atom. The van der Waals surface area contributed by atoms with Crippen LogP contribution < -0.4 is 5.32 Å². The minimum Gasteiger partial charge on any atom is -0.322 e. The zero-order valence-electron chi connectivity index (χ0n) is 19.2. The molecule has 0 radical (unpaired) electrons. The topological polar surface area (TPSA) is 77.6 Å². The molecule has 7 nitrogen and oxygen atoms in total. The quantitative estimate of drug-likeness (QED) is 0.333. The predicted octanol–water partition coefficient (Wildman–Crippen LogP) is 5.37. The van der Waals surface area contributed by atoms with Crippen molar-refractivity contribution < 1.29 is 18.0 Å². The van der Waals surface area contributed by atoms with E-state index in [9.17, 15) is 18.0 Å². The van der Waals surface area contributed by atoms with Crippen molar-refractivity contribution in [2.24, 2.45) is 0 Å². The highest BCUT2D eigenvalue weighted by molar-refractivity contribution is 5.92. The Kier molecular flexibility index (Phi) is 6.24. The average Bonchev–Trinajstić information content (AvgIpc) is 3.43. The monoisotopic (exact) mass is 490 g/mol. The molecule has 10 heteroatoms. The molecule has 3 aromatic heterocycles. The molecule has 5 aromatic rings. The summed E-state index contributed by atoms with van der Waals surface area (Å²) < 4.78 is 44.6. The molecule has 3 heterocycles. The predicted molar refractivity (Wildman–Crippen MR) is 129 cm³/mol. The number of nitrogens with zero attached hydrogens (tertiary/aromatic N) is 5. The van der Waals surface area contributed by atoms with Gasteiger partial charge in [0.1, 0.15) is 12.4 Å². The number of hydrogen-bond donors (Lipinski definition) is 1. The molecular weight excluding hydrogens is 469 g/mol. The van der Waals surface area contributed by atoms with Crippen LogP contribution in [-0.2, 0) is 17.9 Å². The Hall–Kier alpha value is -4.47. The van der Waals surface area contributed by atoms with Crippen LogP contribution in [0.2, 0.25) is 0 Å². The van der Waals surface area contributed by atoms with Crippen LogP contribution >= 0.6 is 0 Å². The molecule has 0 fully saturated rings. The summed E-state index contributed by atoms with van der Waals surface area (Å²) >= 11 is 0. The standard InChI is InChI=1S/C26H21F3N6O/c1-16-24-20(25(28)29)11-22(17-7-3-2-4-8-17)32-26(24)35(33-16)15-23(36)31-19-12-30-34(14-19)13-18-9-5-6-10-21(18)27/h2-12,14,25H,13,15H2,1H3,(H,31,36). The van der Waals surface area contributed by atoms with Crippen molar-refractivity contribution in [3.05, 3.63) is 95.7 Å². The number of carbonyl (C=O) groups excluding carboxylic acids is 1. The van der Waals surface area contributed by atoms with Crippen LogP contribution in [0.5, 0.6) is 0 Å². The summed E-state index contributed by atoms with van der Waals surface area (Å²) in [6.07, 6.45) is 0.298. The second kappa shape index (κ2) is 9.65. The highest BCUT2D eigenvalue weighted by atomic mass is 19.3. The Morgan fingerprint density at radius 1 is 1.08 bits per heavy atom. The lowest BCUT2D eigenvalue weighted by Crippen LogP contribution is -2.19. The third kappa shape index (κ3) is 4.70. The molecule has 1 N–H and O–H groups in total. The average molecular weight is 490 g/mol. The highest BCUT2D eigenvalue weighted by Crippen LogP contribution is 2.33. The first kappa shape index (κ1) is 23.3. The normalized spacial score (nSPS) is 11.4. The van der Waals surface area contributed by atoms with Gasteiger partial charge in [0.15, 0.2) is 5.65 Å². The molecule has 0 unspecified atom stereocenters. The summed E-state index contributed by atoms with van der Waals surface area (Å²) in [5, 5.41) is 11.4. The van der Waals surface area contributed by atoms with Crippen molar-refractivity contribution >= 4 is 22.6 Å². The molecule has 0 aliphatic carbocycles. The minimum atomic E-state index is -2.73. The smallest absolute Gasteiger partial charge is 0.264 e. The number of nitrogens with one attached hydrogen (secondary N) is 1. The van der Waals surface area contributed by atoms with Gasteiger partial charge in [0.2, 0.25) is 5.91 Å². The third-order valence-corrected chi connectivity index (χ3v) is 5.71. The van der Waals surface area contributed by atoms with E-state index in [1.807, 2.05) is 6.07 Å². The number of amides is 1. The summed E-state index contributed by atoms with van der Waals surface area (Å²) in [6.45, 7) is 1.57. The molecule has 0 spiro atoms. The number of halogens is 3. The first-order chi connectivity index (χ1) is 17.4. The summed E-state index contributed by atoms with van der Waals surface area (Å²) in [4.78, 5) is 17.3. The van der Waals surface area contributed by atoms with E-state index in [4.69, 9.17) is 0 Å². The summed E-state index contributed by atoms with van der Waals surface area (Å²) in [5.41, 5.74) is 2.31. The van der Waals surface area contributed by atoms with Crippen molar-refractivity contribution in [2.75, 3.05) is 5.32 Å². The largest absolute Gasteiger partial charge is 0.322 e.